The predicted octanol–water partition coefficient (Wildman–Crippen LogP) is 8.24. The first-order valence-electron chi connectivity index (χ1n) is 9.54. The first-order chi connectivity index (χ1) is 15.0. The Morgan fingerprint density at radius 1 is 0.667 bits per heavy atom. The molecule has 0 fully saturated rings. The molecule has 0 saturated carbocycles. The number of aryl methyl sites for hydroxylation is 2. The van der Waals surface area contributed by atoms with Crippen molar-refractivity contribution in [1.29, 1.82) is 0 Å². The smallest absolute Gasteiger partial charge is 0.273 e. The molecule has 33 heavy (non-hydrogen) atoms. The molecule has 2 aliphatic rings. The third-order valence-electron chi connectivity index (χ3n) is 3.95. The van der Waals surface area contributed by atoms with Gasteiger partial charge < -0.3 is 0 Å². The average molecular weight is 496 g/mol. The molecular formula is C26H22F6Ti. The van der Waals surface area contributed by atoms with E-state index in [2.05, 4.69) is 36.4 Å². The molecule has 0 radical (unpaired) electrons. The number of allylic oxidation sites excluding steroid dienone is 8. The zero-order valence-electron chi connectivity index (χ0n) is 18.1. The molecule has 0 nitrogen and oxygen atoms in total. The molecule has 2 aromatic rings. The van der Waals surface area contributed by atoms with Gasteiger partial charge in [0.15, 0.2) is 0 Å². The SMILES string of the molecule is Cc1cc[c-]cc1C(F)(F)F.Cc1cc[c-]cc1C(F)(F)F.[C-]1=CC=CC1.[C-]1=CC=CC1.[Ti+4]. The zero-order chi connectivity index (χ0) is 24.0. The molecular weight excluding hydrogens is 474 g/mol. The normalized spacial score (nSPS) is 13.1. The van der Waals surface area contributed by atoms with Crippen molar-refractivity contribution >= 4 is 0 Å². The third kappa shape index (κ3) is 13.1. The van der Waals surface area contributed by atoms with E-state index in [1.165, 1.54) is 38.1 Å². The molecule has 0 N–H and O–H groups in total. The molecule has 172 valence electrons. The van der Waals surface area contributed by atoms with Crippen LogP contribution in [-0.4, -0.2) is 0 Å². The van der Waals surface area contributed by atoms with Gasteiger partial charge in [0.1, 0.15) is 0 Å². The Kier molecular flexibility index (Phi) is 14.4. The molecule has 2 aromatic carbocycles. The van der Waals surface area contributed by atoms with Gasteiger partial charge in [0.25, 0.3) is 0 Å². The molecule has 0 aliphatic heterocycles. The summed E-state index contributed by atoms with van der Waals surface area (Å²) in [4.78, 5) is 0. The van der Waals surface area contributed by atoms with Crippen molar-refractivity contribution in [3.63, 3.8) is 0 Å². The van der Waals surface area contributed by atoms with Gasteiger partial charge in [0.2, 0.25) is 0 Å². The summed E-state index contributed by atoms with van der Waals surface area (Å²) >= 11 is 0. The molecule has 0 saturated heterocycles. The summed E-state index contributed by atoms with van der Waals surface area (Å²) in [5, 5.41) is 0. The standard InChI is InChI=1S/2C8H6F3.2C5H5.Ti/c2*1-6-4-2-3-5-7(6)8(9,10)11;2*1-2-4-5-3-1;/h2*2,4-5H,1H3;2*1-3H,4H2;/q4*-1;+4. The summed E-state index contributed by atoms with van der Waals surface area (Å²) in [6.45, 7) is 2.85. The number of benzene rings is 2. The second-order valence-electron chi connectivity index (χ2n) is 6.48. The van der Waals surface area contributed by atoms with Crippen LogP contribution < -0.4 is 0 Å². The van der Waals surface area contributed by atoms with Crippen molar-refractivity contribution < 1.29 is 48.1 Å². The van der Waals surface area contributed by atoms with E-state index in [0.717, 1.165) is 25.0 Å². The molecule has 0 atom stereocenters. The molecule has 4 rings (SSSR count). The Balaban J connectivity index is 0.000000434. The maximum atomic E-state index is 12.0. The summed E-state index contributed by atoms with van der Waals surface area (Å²) in [5.41, 5.74) is -0.757. The van der Waals surface area contributed by atoms with Crippen LogP contribution in [0, 0.1) is 38.1 Å². The number of rotatable bonds is 0. The number of alkyl halides is 6. The third-order valence-corrected chi connectivity index (χ3v) is 3.95. The van der Waals surface area contributed by atoms with Crippen LogP contribution in [0.2, 0.25) is 0 Å². The van der Waals surface area contributed by atoms with Crippen LogP contribution in [0.25, 0.3) is 0 Å². The van der Waals surface area contributed by atoms with E-state index in [4.69, 9.17) is 0 Å². The van der Waals surface area contributed by atoms with Gasteiger partial charge in [-0.1, -0.05) is 25.0 Å². The second-order valence-corrected chi connectivity index (χ2v) is 6.48. The van der Waals surface area contributed by atoms with Crippen LogP contribution in [0.15, 0.2) is 72.9 Å². The summed E-state index contributed by atoms with van der Waals surface area (Å²) in [6, 6.07) is 12.4. The minimum absolute atomic E-state index is 0. The number of halogens is 6. The van der Waals surface area contributed by atoms with E-state index in [0.29, 0.717) is 0 Å². The van der Waals surface area contributed by atoms with Crippen LogP contribution >= 0.6 is 0 Å². The molecule has 0 aromatic heterocycles. The van der Waals surface area contributed by atoms with Gasteiger partial charge in [-0.2, -0.15) is 87.0 Å². The van der Waals surface area contributed by atoms with Crippen LogP contribution in [0.3, 0.4) is 0 Å². The largest absolute Gasteiger partial charge is 4.00 e. The minimum atomic E-state index is -4.25. The van der Waals surface area contributed by atoms with Crippen molar-refractivity contribution in [1.82, 2.24) is 0 Å². The number of hydrogen-bond acceptors (Lipinski definition) is 0. The maximum Gasteiger partial charge on any atom is 4.00 e. The van der Waals surface area contributed by atoms with E-state index >= 15 is 0 Å². The second kappa shape index (κ2) is 15.5. The Hall–Kier alpha value is -2.31. The van der Waals surface area contributed by atoms with Gasteiger partial charge in [0.05, 0.1) is 0 Å². The molecule has 0 amide bonds. The predicted molar refractivity (Wildman–Crippen MR) is 113 cm³/mol. The van der Waals surface area contributed by atoms with Gasteiger partial charge in [-0.05, 0) is 0 Å². The van der Waals surface area contributed by atoms with Gasteiger partial charge in [-0.25, -0.2) is 24.3 Å². The first kappa shape index (κ1) is 30.7. The Labute approximate surface area is 206 Å². The van der Waals surface area contributed by atoms with Crippen molar-refractivity contribution in [2.75, 3.05) is 0 Å². The summed E-state index contributed by atoms with van der Waals surface area (Å²) in [6.07, 6.45) is 11.5. The van der Waals surface area contributed by atoms with Gasteiger partial charge in [-0.15, -0.1) is 24.0 Å². The van der Waals surface area contributed by atoms with E-state index in [9.17, 15) is 26.3 Å². The summed E-state index contributed by atoms with van der Waals surface area (Å²) in [5.74, 6) is 0. The fraction of sp³-hybridized carbons (Fsp3) is 0.231. The quantitative estimate of drug-likeness (QED) is 0.196. The molecule has 7 heteroatoms. The fourth-order valence-electron chi connectivity index (χ4n) is 2.31. The van der Waals surface area contributed by atoms with Gasteiger partial charge in [-0.3, -0.25) is 12.2 Å². The topological polar surface area (TPSA) is 0 Å². The Morgan fingerprint density at radius 2 is 1.03 bits per heavy atom. The Bertz CT molecular complexity index is 837. The monoisotopic (exact) mass is 496 g/mol. The van der Waals surface area contributed by atoms with E-state index < -0.39 is 23.5 Å². The van der Waals surface area contributed by atoms with Crippen LogP contribution in [0.4, 0.5) is 26.3 Å². The maximum absolute atomic E-state index is 12.0. The van der Waals surface area contributed by atoms with Crippen LogP contribution in [0.5, 0.6) is 0 Å². The summed E-state index contributed by atoms with van der Waals surface area (Å²) < 4.78 is 72.2. The first-order valence-corrected chi connectivity index (χ1v) is 9.54. The van der Waals surface area contributed by atoms with Crippen molar-refractivity contribution in [3.05, 3.63) is 119 Å². The van der Waals surface area contributed by atoms with Crippen LogP contribution in [0.1, 0.15) is 35.1 Å². The molecule has 0 heterocycles. The van der Waals surface area contributed by atoms with Crippen molar-refractivity contribution in [2.45, 2.75) is 39.0 Å². The van der Waals surface area contributed by atoms with Gasteiger partial charge in [0, 0.05) is 0 Å². The molecule has 0 spiro atoms. The van der Waals surface area contributed by atoms with E-state index in [-0.39, 0.29) is 32.8 Å². The van der Waals surface area contributed by atoms with Crippen molar-refractivity contribution in [2.24, 2.45) is 0 Å². The summed E-state index contributed by atoms with van der Waals surface area (Å²) in [7, 11) is 0. The number of hydrogen-bond donors (Lipinski definition) is 0. The van der Waals surface area contributed by atoms with Crippen molar-refractivity contribution in [3.8, 4) is 0 Å². The Morgan fingerprint density at radius 3 is 1.18 bits per heavy atom. The fourth-order valence-corrected chi connectivity index (χ4v) is 2.31. The minimum Gasteiger partial charge on any atom is -0.273 e. The zero-order valence-corrected chi connectivity index (χ0v) is 19.7. The van der Waals surface area contributed by atoms with E-state index in [1.807, 2.05) is 24.3 Å². The van der Waals surface area contributed by atoms with E-state index in [1.54, 1.807) is 0 Å². The average Bonchev–Trinajstić information content (AvgIpc) is 3.46. The van der Waals surface area contributed by atoms with Crippen LogP contribution in [-0.2, 0) is 34.1 Å². The molecule has 0 bridgehead atoms. The van der Waals surface area contributed by atoms with Gasteiger partial charge >= 0.3 is 34.1 Å². The molecule has 2 aliphatic carbocycles. The molecule has 0 unspecified atom stereocenters.